The number of rotatable bonds is 6. The van der Waals surface area contributed by atoms with E-state index in [9.17, 15) is 18.0 Å². The summed E-state index contributed by atoms with van der Waals surface area (Å²) in [5.74, 6) is -0.428. The molecule has 8 nitrogen and oxygen atoms in total. The molecule has 3 aromatic heterocycles. The van der Waals surface area contributed by atoms with Gasteiger partial charge in [-0.3, -0.25) is 0 Å². The van der Waals surface area contributed by atoms with Crippen LogP contribution in [0.5, 0.6) is 0 Å². The van der Waals surface area contributed by atoms with Crippen LogP contribution in [-0.4, -0.2) is 53.7 Å². The zero-order valence-electron chi connectivity index (χ0n) is 16.3. The molecule has 4 aromatic rings. The Morgan fingerprint density at radius 2 is 1.90 bits per heavy atom. The number of alkyl halides is 2. The number of halogens is 3. The van der Waals surface area contributed by atoms with Gasteiger partial charge in [0.25, 0.3) is 6.43 Å². The molecule has 0 saturated heterocycles. The number of aromatic nitrogens is 5. The van der Waals surface area contributed by atoms with Crippen molar-refractivity contribution in [1.29, 1.82) is 0 Å². The van der Waals surface area contributed by atoms with Gasteiger partial charge in [-0.25, -0.2) is 32.4 Å². The third-order valence-corrected chi connectivity index (χ3v) is 4.69. The Bertz CT molecular complexity index is 1240. The summed E-state index contributed by atoms with van der Waals surface area (Å²) >= 11 is 0. The summed E-state index contributed by atoms with van der Waals surface area (Å²) in [5, 5.41) is 13.6. The first kappa shape index (κ1) is 20.4. The summed E-state index contributed by atoms with van der Waals surface area (Å²) in [5.41, 5.74) is 2.56. The van der Waals surface area contributed by atoms with Crippen LogP contribution < -0.4 is 0 Å². The fourth-order valence-corrected chi connectivity index (χ4v) is 3.22. The highest BCUT2D eigenvalue weighted by Crippen LogP contribution is 2.31. The molecule has 0 unspecified atom stereocenters. The van der Waals surface area contributed by atoms with Gasteiger partial charge in [0.15, 0.2) is 5.65 Å². The average molecular weight is 430 g/mol. The van der Waals surface area contributed by atoms with Gasteiger partial charge in [-0.05, 0) is 36.4 Å². The van der Waals surface area contributed by atoms with Crippen molar-refractivity contribution in [2.24, 2.45) is 0 Å². The summed E-state index contributed by atoms with van der Waals surface area (Å²) in [6, 6.07) is 8.82. The van der Waals surface area contributed by atoms with E-state index in [1.54, 1.807) is 12.1 Å². The number of hydrogen-bond donors (Lipinski definition) is 1. The summed E-state index contributed by atoms with van der Waals surface area (Å²) in [6.07, 6.45) is -0.937. The second kappa shape index (κ2) is 8.09. The molecule has 4 rings (SSSR count). The van der Waals surface area contributed by atoms with Gasteiger partial charge >= 0.3 is 6.09 Å². The zero-order chi connectivity index (χ0) is 22.1. The van der Waals surface area contributed by atoms with E-state index in [1.165, 1.54) is 52.9 Å². The monoisotopic (exact) mass is 430 g/mol. The normalized spacial score (nSPS) is 11.4. The van der Waals surface area contributed by atoms with Gasteiger partial charge in [0.2, 0.25) is 0 Å². The Morgan fingerprint density at radius 1 is 1.16 bits per heavy atom. The van der Waals surface area contributed by atoms with Crippen LogP contribution in [0.15, 0.2) is 48.9 Å². The molecule has 0 aliphatic carbocycles. The lowest BCUT2D eigenvalue weighted by molar-refractivity contribution is 0.127. The van der Waals surface area contributed by atoms with E-state index in [-0.39, 0.29) is 6.54 Å². The number of nitrogens with zero attached hydrogens (tertiary/aromatic N) is 6. The molecule has 1 aromatic carbocycles. The van der Waals surface area contributed by atoms with E-state index in [0.717, 1.165) is 4.90 Å². The molecule has 31 heavy (non-hydrogen) atoms. The fourth-order valence-electron chi connectivity index (χ4n) is 3.22. The summed E-state index contributed by atoms with van der Waals surface area (Å²) in [6.45, 7) is -0.560. The van der Waals surface area contributed by atoms with Crippen molar-refractivity contribution < 1.29 is 23.1 Å². The topological polar surface area (TPSA) is 88.5 Å². The first-order valence-corrected chi connectivity index (χ1v) is 9.21. The van der Waals surface area contributed by atoms with Crippen molar-refractivity contribution in [3.8, 4) is 22.6 Å². The lowest BCUT2D eigenvalue weighted by Crippen LogP contribution is -2.24. The van der Waals surface area contributed by atoms with Gasteiger partial charge in [0, 0.05) is 12.6 Å². The van der Waals surface area contributed by atoms with Crippen LogP contribution in [0.25, 0.3) is 28.3 Å². The molecule has 0 spiro atoms. The van der Waals surface area contributed by atoms with Crippen LogP contribution in [0.2, 0.25) is 0 Å². The molecule has 0 aliphatic heterocycles. The SMILES string of the molecule is CN(Cc1cnc2ccc(-c3c(-c4ccc(F)cc4)ncn3CC(F)F)nn12)C(=O)O. The number of fused-ring (bicyclic) bond motifs is 1. The fraction of sp³-hybridized carbons (Fsp3) is 0.200. The first-order valence-electron chi connectivity index (χ1n) is 9.21. The van der Waals surface area contributed by atoms with Gasteiger partial charge in [-0.2, -0.15) is 5.10 Å². The highest BCUT2D eigenvalue weighted by Gasteiger charge is 2.20. The van der Waals surface area contributed by atoms with E-state index in [0.29, 0.717) is 34.0 Å². The first-order chi connectivity index (χ1) is 14.8. The third kappa shape index (κ3) is 4.06. The molecular formula is C20H17F3N6O2. The van der Waals surface area contributed by atoms with Crippen LogP contribution in [-0.2, 0) is 13.1 Å². The Hall–Kier alpha value is -3.89. The summed E-state index contributed by atoms with van der Waals surface area (Å²) in [7, 11) is 1.41. The number of imidazole rings is 2. The minimum Gasteiger partial charge on any atom is -0.465 e. The maximum Gasteiger partial charge on any atom is 0.407 e. The quantitative estimate of drug-likeness (QED) is 0.503. The van der Waals surface area contributed by atoms with Gasteiger partial charge in [0.05, 0.1) is 42.7 Å². The van der Waals surface area contributed by atoms with Crippen molar-refractivity contribution >= 4 is 11.7 Å². The van der Waals surface area contributed by atoms with E-state index in [2.05, 4.69) is 15.1 Å². The smallest absolute Gasteiger partial charge is 0.407 e. The van der Waals surface area contributed by atoms with Gasteiger partial charge in [-0.15, -0.1) is 0 Å². The van der Waals surface area contributed by atoms with Crippen molar-refractivity contribution in [3.63, 3.8) is 0 Å². The molecule has 160 valence electrons. The van der Waals surface area contributed by atoms with Crippen LogP contribution in [0, 0.1) is 5.82 Å². The average Bonchev–Trinajstić information content (AvgIpc) is 3.32. The van der Waals surface area contributed by atoms with Gasteiger partial charge in [-0.1, -0.05) is 0 Å². The maximum atomic E-state index is 13.4. The Morgan fingerprint density at radius 3 is 2.58 bits per heavy atom. The highest BCUT2D eigenvalue weighted by molar-refractivity contribution is 5.77. The standard InChI is InChI=1S/C20H17F3N6O2/c1-27(20(30)31)9-14-8-24-17-7-6-15(26-29(14)17)19-18(12-2-4-13(21)5-3-12)25-11-28(19)10-16(22)23/h2-8,11,16H,9-10H2,1H3,(H,30,31). The van der Waals surface area contributed by atoms with E-state index >= 15 is 0 Å². The molecule has 11 heteroatoms. The highest BCUT2D eigenvalue weighted by atomic mass is 19.3. The number of amides is 1. The van der Waals surface area contributed by atoms with Crippen molar-refractivity contribution in [1.82, 2.24) is 29.0 Å². The van der Waals surface area contributed by atoms with Gasteiger partial charge in [0.1, 0.15) is 11.5 Å². The second-order valence-corrected chi connectivity index (χ2v) is 6.87. The molecular weight excluding hydrogens is 413 g/mol. The van der Waals surface area contributed by atoms with Crippen LogP contribution >= 0.6 is 0 Å². The number of carboxylic acid groups (broad SMARTS) is 1. The number of benzene rings is 1. The van der Waals surface area contributed by atoms with E-state index in [1.807, 2.05) is 0 Å². The molecule has 1 amide bonds. The summed E-state index contributed by atoms with van der Waals surface area (Å²) in [4.78, 5) is 20.7. The molecule has 1 N–H and O–H groups in total. The zero-order valence-corrected chi connectivity index (χ0v) is 16.3. The molecule has 0 bridgehead atoms. The predicted octanol–water partition coefficient (Wildman–Crippen LogP) is 3.77. The van der Waals surface area contributed by atoms with Crippen molar-refractivity contribution in [2.75, 3.05) is 7.05 Å². The Kier molecular flexibility index (Phi) is 5.32. The third-order valence-electron chi connectivity index (χ3n) is 4.69. The van der Waals surface area contributed by atoms with Crippen LogP contribution in [0.4, 0.5) is 18.0 Å². The van der Waals surface area contributed by atoms with Crippen molar-refractivity contribution in [2.45, 2.75) is 19.5 Å². The molecule has 0 aliphatic rings. The number of hydrogen-bond acceptors (Lipinski definition) is 4. The van der Waals surface area contributed by atoms with Crippen molar-refractivity contribution in [3.05, 3.63) is 60.4 Å². The largest absolute Gasteiger partial charge is 0.465 e. The minimum absolute atomic E-state index is 0.0358. The Labute approximate surface area is 174 Å². The predicted molar refractivity (Wildman–Crippen MR) is 105 cm³/mol. The van der Waals surface area contributed by atoms with Crippen LogP contribution in [0.3, 0.4) is 0 Å². The molecule has 0 radical (unpaired) electrons. The Balaban J connectivity index is 1.84. The molecule has 0 atom stereocenters. The van der Waals surface area contributed by atoms with E-state index in [4.69, 9.17) is 5.11 Å². The maximum absolute atomic E-state index is 13.4. The number of carbonyl (C=O) groups is 1. The minimum atomic E-state index is -2.62. The lowest BCUT2D eigenvalue weighted by Gasteiger charge is -2.13. The lowest BCUT2D eigenvalue weighted by atomic mass is 10.1. The molecule has 3 heterocycles. The van der Waals surface area contributed by atoms with Gasteiger partial charge < -0.3 is 14.6 Å². The molecule has 0 fully saturated rings. The molecule has 0 saturated carbocycles. The summed E-state index contributed by atoms with van der Waals surface area (Å²) < 4.78 is 42.4. The van der Waals surface area contributed by atoms with E-state index < -0.39 is 24.9 Å². The van der Waals surface area contributed by atoms with Crippen LogP contribution in [0.1, 0.15) is 5.69 Å². The second-order valence-electron chi connectivity index (χ2n) is 6.87.